The third kappa shape index (κ3) is 3.95. The quantitative estimate of drug-likeness (QED) is 0.661. The normalized spacial score (nSPS) is 28.9. The average Bonchev–Trinajstić information content (AvgIpc) is 3.08. The Morgan fingerprint density at radius 3 is 2.40 bits per heavy atom. The number of hydrogen-bond donors (Lipinski definition) is 3. The van der Waals surface area contributed by atoms with Crippen LogP contribution in [0.5, 0.6) is 0 Å². The summed E-state index contributed by atoms with van der Waals surface area (Å²) >= 11 is 0. The van der Waals surface area contributed by atoms with Gasteiger partial charge in [-0.05, 0) is 31.6 Å². The molecule has 112 valence electrons. The van der Waals surface area contributed by atoms with Gasteiger partial charge in [-0.25, -0.2) is 0 Å². The van der Waals surface area contributed by atoms with Gasteiger partial charge in [0, 0.05) is 19.0 Å². The van der Waals surface area contributed by atoms with E-state index in [1.54, 1.807) is 0 Å². The van der Waals surface area contributed by atoms with Gasteiger partial charge in [-0.1, -0.05) is 6.92 Å². The molecule has 3 atom stereocenters. The summed E-state index contributed by atoms with van der Waals surface area (Å²) in [7, 11) is 0. The van der Waals surface area contributed by atoms with E-state index in [9.17, 15) is 14.4 Å². The number of carbonyl (C=O) groups is 3. The second kappa shape index (κ2) is 6.24. The van der Waals surface area contributed by atoms with Crippen LogP contribution in [0.4, 0.5) is 0 Å². The van der Waals surface area contributed by atoms with E-state index in [1.165, 1.54) is 0 Å². The number of carbonyl (C=O) groups excluding carboxylic acids is 2. The van der Waals surface area contributed by atoms with Crippen LogP contribution in [0, 0.1) is 17.8 Å². The molecule has 0 radical (unpaired) electrons. The van der Waals surface area contributed by atoms with Crippen molar-refractivity contribution in [1.82, 2.24) is 10.6 Å². The molecule has 2 rings (SSSR count). The highest BCUT2D eigenvalue weighted by molar-refractivity contribution is 5.85. The van der Waals surface area contributed by atoms with Gasteiger partial charge in [-0.3, -0.25) is 14.4 Å². The Labute approximate surface area is 118 Å². The monoisotopic (exact) mass is 282 g/mol. The molecule has 1 unspecified atom stereocenters. The largest absolute Gasteiger partial charge is 0.481 e. The molecule has 2 aliphatic carbocycles. The maximum Gasteiger partial charge on any atom is 0.307 e. The minimum atomic E-state index is -0.902. The van der Waals surface area contributed by atoms with E-state index in [4.69, 9.17) is 5.11 Å². The molecule has 0 aliphatic heterocycles. The highest BCUT2D eigenvalue weighted by Gasteiger charge is 2.41. The summed E-state index contributed by atoms with van der Waals surface area (Å²) in [4.78, 5) is 34.6. The van der Waals surface area contributed by atoms with Gasteiger partial charge in [-0.15, -0.1) is 0 Å². The van der Waals surface area contributed by atoms with Crippen molar-refractivity contribution in [3.63, 3.8) is 0 Å². The lowest BCUT2D eigenvalue weighted by atomic mass is 9.95. The van der Waals surface area contributed by atoms with Gasteiger partial charge in [0.25, 0.3) is 0 Å². The van der Waals surface area contributed by atoms with Crippen LogP contribution in [0.3, 0.4) is 0 Å². The van der Waals surface area contributed by atoms with Crippen molar-refractivity contribution in [2.75, 3.05) is 6.54 Å². The van der Waals surface area contributed by atoms with Crippen LogP contribution in [-0.4, -0.2) is 35.5 Å². The van der Waals surface area contributed by atoms with Gasteiger partial charge in [0.15, 0.2) is 0 Å². The average molecular weight is 282 g/mol. The van der Waals surface area contributed by atoms with Crippen LogP contribution >= 0.6 is 0 Å². The Kier molecular flexibility index (Phi) is 4.62. The fraction of sp³-hybridized carbons (Fsp3) is 0.786. The number of carboxylic acids is 1. The van der Waals surface area contributed by atoms with Crippen molar-refractivity contribution >= 4 is 17.8 Å². The molecule has 2 saturated carbocycles. The van der Waals surface area contributed by atoms with Crippen LogP contribution in [0.2, 0.25) is 0 Å². The molecule has 0 saturated heterocycles. The maximum atomic E-state index is 12.0. The first-order chi connectivity index (χ1) is 9.47. The molecule has 0 heterocycles. The van der Waals surface area contributed by atoms with Crippen LogP contribution < -0.4 is 10.6 Å². The standard InChI is InChI=1S/C14H22N2O4/c1-8-6-10(11(7-8)14(19)20)13(18)15-5-4-12(17)16-9-2-3-9/h8-11H,2-7H2,1H3,(H,15,18)(H,16,17)(H,19,20)/t8?,10-,11+/m0/s1. The Hall–Kier alpha value is -1.59. The van der Waals surface area contributed by atoms with Gasteiger partial charge in [0.05, 0.1) is 11.8 Å². The topological polar surface area (TPSA) is 95.5 Å². The summed E-state index contributed by atoms with van der Waals surface area (Å²) in [5.74, 6) is -1.99. The number of rotatable bonds is 6. The number of carboxylic acid groups (broad SMARTS) is 1. The summed E-state index contributed by atoms with van der Waals surface area (Å²) in [5, 5.41) is 14.7. The van der Waals surface area contributed by atoms with Crippen LogP contribution in [-0.2, 0) is 14.4 Å². The Morgan fingerprint density at radius 2 is 1.80 bits per heavy atom. The summed E-state index contributed by atoms with van der Waals surface area (Å²) in [6, 6.07) is 0.324. The van der Waals surface area contributed by atoms with E-state index in [2.05, 4.69) is 10.6 Å². The zero-order valence-electron chi connectivity index (χ0n) is 11.7. The first-order valence-electron chi connectivity index (χ1n) is 7.27. The van der Waals surface area contributed by atoms with Crippen LogP contribution in [0.1, 0.15) is 39.0 Å². The molecular weight excluding hydrogens is 260 g/mol. The number of amides is 2. The number of hydrogen-bond acceptors (Lipinski definition) is 3. The minimum absolute atomic E-state index is 0.0534. The van der Waals surface area contributed by atoms with Crippen molar-refractivity contribution in [3.05, 3.63) is 0 Å². The molecule has 2 fully saturated rings. The zero-order chi connectivity index (χ0) is 14.7. The predicted octanol–water partition coefficient (Wildman–Crippen LogP) is 0.518. The van der Waals surface area contributed by atoms with Gasteiger partial charge in [0.2, 0.25) is 11.8 Å². The van der Waals surface area contributed by atoms with Gasteiger partial charge in [-0.2, -0.15) is 0 Å². The van der Waals surface area contributed by atoms with E-state index in [-0.39, 0.29) is 30.7 Å². The molecular formula is C14H22N2O4. The molecule has 3 N–H and O–H groups in total. The van der Waals surface area contributed by atoms with Gasteiger partial charge >= 0.3 is 5.97 Å². The second-order valence-corrected chi connectivity index (χ2v) is 6.01. The SMILES string of the molecule is CC1C[C@H](C(=O)NCCC(=O)NC2CC2)[C@H](C(=O)O)C1. The lowest BCUT2D eigenvalue weighted by Crippen LogP contribution is -2.37. The van der Waals surface area contributed by atoms with Gasteiger partial charge in [0.1, 0.15) is 0 Å². The highest BCUT2D eigenvalue weighted by atomic mass is 16.4. The molecule has 6 heteroatoms. The molecule has 0 aromatic heterocycles. The number of aliphatic carboxylic acids is 1. The van der Waals surface area contributed by atoms with Crippen LogP contribution in [0.15, 0.2) is 0 Å². The van der Waals surface area contributed by atoms with Crippen molar-refractivity contribution in [2.24, 2.45) is 17.8 Å². The molecule has 0 aromatic rings. The highest BCUT2D eigenvalue weighted by Crippen LogP contribution is 2.36. The fourth-order valence-corrected chi connectivity index (χ4v) is 2.81. The van der Waals surface area contributed by atoms with E-state index in [1.807, 2.05) is 6.92 Å². The third-order valence-electron chi connectivity index (χ3n) is 4.05. The second-order valence-electron chi connectivity index (χ2n) is 6.01. The van der Waals surface area contributed by atoms with Gasteiger partial charge < -0.3 is 15.7 Å². The number of nitrogens with one attached hydrogen (secondary N) is 2. The Balaban J connectivity index is 1.73. The summed E-state index contributed by atoms with van der Waals surface area (Å²) in [6.45, 7) is 2.24. The van der Waals surface area contributed by atoms with E-state index in [0.29, 0.717) is 18.9 Å². The first-order valence-corrected chi connectivity index (χ1v) is 7.27. The Bertz CT molecular complexity index is 406. The van der Waals surface area contributed by atoms with E-state index in [0.717, 1.165) is 12.8 Å². The maximum absolute atomic E-state index is 12.0. The minimum Gasteiger partial charge on any atom is -0.481 e. The molecule has 2 amide bonds. The fourth-order valence-electron chi connectivity index (χ4n) is 2.81. The molecule has 6 nitrogen and oxygen atoms in total. The van der Waals surface area contributed by atoms with Crippen molar-refractivity contribution in [1.29, 1.82) is 0 Å². The summed E-state index contributed by atoms with van der Waals surface area (Å²) in [6.07, 6.45) is 3.49. The van der Waals surface area contributed by atoms with Crippen molar-refractivity contribution < 1.29 is 19.5 Å². The lowest BCUT2D eigenvalue weighted by Gasteiger charge is -2.15. The molecule has 0 bridgehead atoms. The summed E-state index contributed by atoms with van der Waals surface area (Å²) < 4.78 is 0. The van der Waals surface area contributed by atoms with Crippen LogP contribution in [0.25, 0.3) is 0 Å². The molecule has 20 heavy (non-hydrogen) atoms. The molecule has 0 aromatic carbocycles. The van der Waals surface area contributed by atoms with Crippen molar-refractivity contribution in [2.45, 2.75) is 45.1 Å². The first kappa shape index (κ1) is 14.8. The molecule has 0 spiro atoms. The zero-order valence-corrected chi connectivity index (χ0v) is 11.7. The van der Waals surface area contributed by atoms with E-state index < -0.39 is 17.8 Å². The lowest BCUT2D eigenvalue weighted by molar-refractivity contribution is -0.146. The third-order valence-corrected chi connectivity index (χ3v) is 4.05. The predicted molar refractivity (Wildman–Crippen MR) is 71.8 cm³/mol. The smallest absolute Gasteiger partial charge is 0.307 e. The summed E-state index contributed by atoms with van der Waals surface area (Å²) in [5.41, 5.74) is 0. The van der Waals surface area contributed by atoms with E-state index >= 15 is 0 Å². The molecule has 2 aliphatic rings. The van der Waals surface area contributed by atoms with Crippen molar-refractivity contribution in [3.8, 4) is 0 Å². The Morgan fingerprint density at radius 1 is 1.15 bits per heavy atom.